The van der Waals surface area contributed by atoms with Crippen LogP contribution in [0.1, 0.15) is 143 Å². The van der Waals surface area contributed by atoms with Gasteiger partial charge in [-0.1, -0.05) is 117 Å². The van der Waals surface area contributed by atoms with Gasteiger partial charge in [0, 0.05) is 29.6 Å². The van der Waals surface area contributed by atoms with Gasteiger partial charge in [-0.2, -0.15) is 8.42 Å². The fourth-order valence-electron chi connectivity index (χ4n) is 3.92. The summed E-state index contributed by atoms with van der Waals surface area (Å²) in [6.45, 7) is 5.63. The first-order valence-corrected chi connectivity index (χ1v) is 15.4. The molecule has 0 heterocycles. The van der Waals surface area contributed by atoms with E-state index in [9.17, 15) is 22.6 Å². The number of esters is 2. The van der Waals surface area contributed by atoms with Crippen molar-refractivity contribution in [3.63, 3.8) is 0 Å². The van der Waals surface area contributed by atoms with Gasteiger partial charge in [-0.3, -0.25) is 14.1 Å². The molecule has 0 aromatic rings. The van der Waals surface area contributed by atoms with Crippen LogP contribution in [0.15, 0.2) is 0 Å². The van der Waals surface area contributed by atoms with Crippen molar-refractivity contribution in [1.29, 1.82) is 0 Å². The van der Waals surface area contributed by atoms with E-state index in [2.05, 4.69) is 13.8 Å². The number of rotatable bonds is 24. The molecule has 1 atom stereocenters. The van der Waals surface area contributed by atoms with Gasteiger partial charge in [0.25, 0.3) is 10.1 Å². The molecule has 0 rings (SSSR count). The van der Waals surface area contributed by atoms with Gasteiger partial charge < -0.3 is 9.47 Å². The first-order valence-electron chi connectivity index (χ1n) is 14.0. The van der Waals surface area contributed by atoms with E-state index >= 15 is 0 Å². The van der Waals surface area contributed by atoms with Crippen LogP contribution in [0, 0.1) is 0 Å². The molecule has 0 fully saturated rings. The quantitative estimate of drug-likeness (QED) is 0.0618. The summed E-state index contributed by atoms with van der Waals surface area (Å²) in [5.41, 5.74) is 0. The van der Waals surface area contributed by atoms with Gasteiger partial charge >= 0.3 is 11.9 Å². The molecule has 7 nitrogen and oxygen atoms in total. The smallest absolute Gasteiger partial charge is 0.330 e. The Morgan fingerprint density at radius 2 is 0.972 bits per heavy atom. The Morgan fingerprint density at radius 3 is 1.33 bits per heavy atom. The maximum Gasteiger partial charge on any atom is 0.330 e. The normalized spacial score (nSPS) is 13.0. The van der Waals surface area contributed by atoms with Crippen molar-refractivity contribution in [1.82, 2.24) is 0 Å². The molecule has 1 N–H and O–H groups in total. The van der Waals surface area contributed by atoms with Crippen LogP contribution in [0.25, 0.3) is 0 Å². The first kappa shape index (κ1) is 38.0. The summed E-state index contributed by atoms with van der Waals surface area (Å²) in [6.07, 6.45) is 19.2. The molecule has 209 valence electrons. The van der Waals surface area contributed by atoms with Crippen LogP contribution in [-0.4, -0.2) is 72.4 Å². The number of carbonyl (C=O) groups excluding carboxylic acids is 2. The fourth-order valence-corrected chi connectivity index (χ4v) is 4.49. The standard InChI is InChI=1S/C27H52O7S.Na/c1-4-6-8-10-12-14-16-18-20-22-33-25(28)24-27(3,35(30,31)32)26(29)34-23-21-19-17-15-13-11-9-7-5-2;/h4-24H2,1-3H3,(H,30,31,32);. The Hall–Kier alpha value is -0.150. The summed E-state index contributed by atoms with van der Waals surface area (Å²) in [5.74, 6) is -1.94. The van der Waals surface area contributed by atoms with Crippen molar-refractivity contribution in [3.8, 4) is 0 Å². The third-order valence-electron chi connectivity index (χ3n) is 6.47. The predicted octanol–water partition coefficient (Wildman–Crippen LogP) is 6.79. The van der Waals surface area contributed by atoms with Gasteiger partial charge in [-0.25, -0.2) is 0 Å². The van der Waals surface area contributed by atoms with E-state index in [4.69, 9.17) is 9.47 Å². The van der Waals surface area contributed by atoms with Crippen molar-refractivity contribution < 1.29 is 32.0 Å². The zero-order chi connectivity index (χ0) is 26.4. The zero-order valence-corrected chi connectivity index (χ0v) is 26.5. The van der Waals surface area contributed by atoms with Crippen LogP contribution in [0.4, 0.5) is 0 Å². The first-order chi connectivity index (χ1) is 16.7. The third-order valence-corrected chi connectivity index (χ3v) is 7.92. The Balaban J connectivity index is 0. The Bertz CT molecular complexity index is 655. The van der Waals surface area contributed by atoms with Crippen molar-refractivity contribution in [2.24, 2.45) is 0 Å². The Labute approximate surface area is 243 Å². The minimum absolute atomic E-state index is 0. The Morgan fingerprint density at radius 1 is 0.639 bits per heavy atom. The average Bonchev–Trinajstić information content (AvgIpc) is 2.80. The number of ether oxygens (including phenoxy) is 2. The van der Waals surface area contributed by atoms with Gasteiger partial charge in [-0.05, 0) is 19.8 Å². The molecule has 0 aliphatic heterocycles. The summed E-state index contributed by atoms with van der Waals surface area (Å²) in [4.78, 5) is 24.6. The third kappa shape index (κ3) is 19.0. The van der Waals surface area contributed by atoms with E-state index in [0.717, 1.165) is 45.4 Å². The van der Waals surface area contributed by atoms with Gasteiger partial charge in [0.05, 0.1) is 19.6 Å². The molecule has 0 bridgehead atoms. The molecular weight excluding hydrogens is 491 g/mol. The summed E-state index contributed by atoms with van der Waals surface area (Å²) in [5, 5.41) is 0. The number of hydrogen-bond donors (Lipinski definition) is 1. The van der Waals surface area contributed by atoms with Gasteiger partial charge in [-0.15, -0.1) is 0 Å². The second kappa shape index (κ2) is 23.9. The van der Waals surface area contributed by atoms with Crippen molar-refractivity contribution in [2.75, 3.05) is 13.2 Å². The van der Waals surface area contributed by atoms with Crippen LogP contribution < -0.4 is 0 Å². The molecule has 0 saturated heterocycles. The SMILES string of the molecule is CCCCCCCCCCCOC(=O)CC(C)(C(=O)OCCCCCCCCCCC)S(=O)(=O)O.[Na]. The molecule has 36 heavy (non-hydrogen) atoms. The molecule has 1 radical (unpaired) electrons. The molecule has 0 aliphatic rings. The van der Waals surface area contributed by atoms with E-state index in [1.807, 2.05) is 0 Å². The molecular formula is C27H52NaO7S. The maximum absolute atomic E-state index is 12.5. The van der Waals surface area contributed by atoms with Crippen LogP contribution in [0.2, 0.25) is 0 Å². The molecule has 0 spiro atoms. The average molecular weight is 544 g/mol. The van der Waals surface area contributed by atoms with Crippen LogP contribution in [0.5, 0.6) is 0 Å². The number of unbranched alkanes of at least 4 members (excludes halogenated alkanes) is 16. The fraction of sp³-hybridized carbons (Fsp3) is 0.926. The van der Waals surface area contributed by atoms with Crippen molar-refractivity contribution in [2.45, 2.75) is 148 Å². The van der Waals surface area contributed by atoms with Crippen molar-refractivity contribution in [3.05, 3.63) is 0 Å². The minimum Gasteiger partial charge on any atom is -0.466 e. The summed E-state index contributed by atoms with van der Waals surface area (Å²) < 4.78 is 41.3. The van der Waals surface area contributed by atoms with E-state index < -0.39 is 33.2 Å². The zero-order valence-electron chi connectivity index (χ0n) is 23.7. The number of hydrogen-bond acceptors (Lipinski definition) is 6. The maximum atomic E-state index is 12.5. The molecule has 9 heteroatoms. The van der Waals surface area contributed by atoms with Crippen LogP contribution in [0.3, 0.4) is 0 Å². The van der Waals surface area contributed by atoms with E-state index in [-0.39, 0.29) is 42.8 Å². The summed E-state index contributed by atoms with van der Waals surface area (Å²) in [7, 11) is -4.85. The second-order valence-electron chi connectivity index (χ2n) is 9.90. The minimum atomic E-state index is -4.85. The van der Waals surface area contributed by atoms with E-state index in [1.54, 1.807) is 0 Å². The molecule has 1 unspecified atom stereocenters. The van der Waals surface area contributed by atoms with Gasteiger partial charge in [0.1, 0.15) is 0 Å². The van der Waals surface area contributed by atoms with Crippen LogP contribution in [-0.2, 0) is 29.2 Å². The molecule has 0 aliphatic carbocycles. The summed E-state index contributed by atoms with van der Waals surface area (Å²) >= 11 is 0. The topological polar surface area (TPSA) is 107 Å². The largest absolute Gasteiger partial charge is 0.466 e. The Kier molecular flexibility index (Phi) is 25.3. The predicted molar refractivity (Wildman–Crippen MR) is 147 cm³/mol. The van der Waals surface area contributed by atoms with Gasteiger partial charge in [0.2, 0.25) is 4.75 Å². The number of carbonyl (C=O) groups is 2. The molecule has 0 aromatic heterocycles. The second-order valence-corrected chi connectivity index (χ2v) is 11.7. The van der Waals surface area contributed by atoms with Crippen LogP contribution >= 0.6 is 0 Å². The van der Waals surface area contributed by atoms with Gasteiger partial charge in [0.15, 0.2) is 0 Å². The van der Waals surface area contributed by atoms with E-state index in [0.29, 0.717) is 12.8 Å². The van der Waals surface area contributed by atoms with Crippen molar-refractivity contribution >= 4 is 51.6 Å². The summed E-state index contributed by atoms with van der Waals surface area (Å²) in [6, 6.07) is 0. The molecule has 0 aromatic carbocycles. The molecule has 0 saturated carbocycles. The monoisotopic (exact) mass is 543 g/mol. The molecule has 0 amide bonds. The van der Waals surface area contributed by atoms with E-state index in [1.165, 1.54) is 64.2 Å².